The van der Waals surface area contributed by atoms with Crippen molar-refractivity contribution in [1.29, 1.82) is 5.26 Å². The maximum absolute atomic E-state index is 9.00. The molecule has 3 nitrogen and oxygen atoms in total. The highest BCUT2D eigenvalue weighted by atomic mass is 16.5. The fraction of sp³-hybridized carbons (Fsp3) is 0.900. The summed E-state index contributed by atoms with van der Waals surface area (Å²) in [6, 6.07) is 2.24. The van der Waals surface area contributed by atoms with E-state index in [1.807, 2.05) is 0 Å². The third-order valence-corrected chi connectivity index (χ3v) is 2.83. The number of rotatable bonds is 4. The van der Waals surface area contributed by atoms with Crippen molar-refractivity contribution in [1.82, 2.24) is 0 Å². The summed E-state index contributed by atoms with van der Waals surface area (Å²) in [5.41, 5.74) is -0.594. The zero-order valence-corrected chi connectivity index (χ0v) is 8.12. The summed E-state index contributed by atoms with van der Waals surface area (Å²) in [7, 11) is 0. The van der Waals surface area contributed by atoms with E-state index in [1.54, 1.807) is 0 Å². The van der Waals surface area contributed by atoms with Crippen molar-refractivity contribution in [3.05, 3.63) is 0 Å². The maximum atomic E-state index is 9.00. The third-order valence-electron chi connectivity index (χ3n) is 2.83. The van der Waals surface area contributed by atoms with E-state index in [1.165, 1.54) is 0 Å². The highest BCUT2D eigenvalue weighted by Gasteiger charge is 2.39. The van der Waals surface area contributed by atoms with Crippen LogP contribution in [0.25, 0.3) is 0 Å². The molecule has 13 heavy (non-hydrogen) atoms. The van der Waals surface area contributed by atoms with Gasteiger partial charge in [0.25, 0.3) is 0 Å². The van der Waals surface area contributed by atoms with E-state index in [9.17, 15) is 0 Å². The molecule has 0 aromatic rings. The summed E-state index contributed by atoms with van der Waals surface area (Å²) in [6.07, 6.45) is 3.85. The van der Waals surface area contributed by atoms with Gasteiger partial charge in [-0.15, -0.1) is 0 Å². The molecular formula is C10H17NO2. The quantitative estimate of drug-likeness (QED) is 0.718. The molecule has 74 valence electrons. The molecule has 1 aliphatic carbocycles. The molecule has 0 radical (unpaired) electrons. The molecular weight excluding hydrogens is 166 g/mol. The summed E-state index contributed by atoms with van der Waals surface area (Å²) >= 11 is 0. The van der Waals surface area contributed by atoms with Crippen molar-refractivity contribution in [2.45, 2.75) is 38.2 Å². The number of aliphatic hydroxyl groups excluding tert-OH is 1. The van der Waals surface area contributed by atoms with Gasteiger partial charge in [0.2, 0.25) is 0 Å². The second-order valence-corrected chi connectivity index (χ2v) is 3.70. The molecule has 0 aromatic heterocycles. The van der Waals surface area contributed by atoms with Crippen LogP contribution < -0.4 is 0 Å². The van der Waals surface area contributed by atoms with E-state index in [-0.39, 0.29) is 13.2 Å². The van der Waals surface area contributed by atoms with Gasteiger partial charge in [0, 0.05) is 0 Å². The van der Waals surface area contributed by atoms with Crippen LogP contribution in [0.4, 0.5) is 0 Å². The number of aliphatic hydroxyl groups is 1. The Labute approximate surface area is 79.3 Å². The topological polar surface area (TPSA) is 53.2 Å². The Morgan fingerprint density at radius 3 is 2.92 bits per heavy atom. The monoisotopic (exact) mass is 183 g/mol. The van der Waals surface area contributed by atoms with E-state index < -0.39 is 5.60 Å². The lowest BCUT2D eigenvalue weighted by molar-refractivity contribution is -0.0172. The van der Waals surface area contributed by atoms with Crippen molar-refractivity contribution in [2.24, 2.45) is 5.92 Å². The lowest BCUT2D eigenvalue weighted by atomic mass is 10.0. The van der Waals surface area contributed by atoms with Gasteiger partial charge in [0.1, 0.15) is 0 Å². The summed E-state index contributed by atoms with van der Waals surface area (Å²) in [5.74, 6) is 0.623. The molecule has 0 bridgehead atoms. The minimum atomic E-state index is -0.594. The summed E-state index contributed by atoms with van der Waals surface area (Å²) in [6.45, 7) is 2.42. The standard InChI is InChI=1S/C10H17NO2/c1-2-9-3-4-10(7-9,8-11)13-6-5-12/h9,12H,2-7H2,1H3. The van der Waals surface area contributed by atoms with Crippen LogP contribution in [0.3, 0.4) is 0 Å². The van der Waals surface area contributed by atoms with Crippen LogP contribution in [0.1, 0.15) is 32.6 Å². The Kier molecular flexibility index (Phi) is 3.71. The molecule has 2 atom stereocenters. The number of hydrogen-bond acceptors (Lipinski definition) is 3. The predicted molar refractivity (Wildman–Crippen MR) is 49.0 cm³/mol. The van der Waals surface area contributed by atoms with Crippen LogP contribution in [0.5, 0.6) is 0 Å². The highest BCUT2D eigenvalue weighted by Crippen LogP contribution is 2.38. The predicted octanol–water partition coefficient (Wildman–Crippen LogP) is 1.47. The highest BCUT2D eigenvalue weighted by molar-refractivity contribution is 5.06. The van der Waals surface area contributed by atoms with Crippen molar-refractivity contribution >= 4 is 0 Å². The van der Waals surface area contributed by atoms with E-state index in [4.69, 9.17) is 15.1 Å². The minimum absolute atomic E-state index is 0.000220. The van der Waals surface area contributed by atoms with E-state index in [0.29, 0.717) is 5.92 Å². The van der Waals surface area contributed by atoms with Crippen LogP contribution >= 0.6 is 0 Å². The fourth-order valence-corrected chi connectivity index (χ4v) is 1.96. The number of nitriles is 1. The van der Waals surface area contributed by atoms with E-state index in [0.717, 1.165) is 25.7 Å². The summed E-state index contributed by atoms with van der Waals surface area (Å²) in [4.78, 5) is 0. The molecule has 2 unspecified atom stereocenters. The Bertz CT molecular complexity index is 200. The minimum Gasteiger partial charge on any atom is -0.394 e. The molecule has 0 aliphatic heterocycles. The van der Waals surface area contributed by atoms with Crippen molar-refractivity contribution in [3.8, 4) is 6.07 Å². The van der Waals surface area contributed by atoms with Gasteiger partial charge in [0.05, 0.1) is 19.3 Å². The Hall–Kier alpha value is -0.590. The first kappa shape index (κ1) is 10.5. The molecule has 1 saturated carbocycles. The zero-order chi connectivity index (χ0) is 9.73. The Morgan fingerprint density at radius 2 is 2.46 bits per heavy atom. The van der Waals surface area contributed by atoms with Crippen LogP contribution in [-0.2, 0) is 4.74 Å². The molecule has 1 aliphatic rings. The van der Waals surface area contributed by atoms with Crippen molar-refractivity contribution in [3.63, 3.8) is 0 Å². The summed E-state index contributed by atoms with van der Waals surface area (Å²) in [5, 5.41) is 17.6. The fourth-order valence-electron chi connectivity index (χ4n) is 1.96. The van der Waals surface area contributed by atoms with Crippen LogP contribution in [0.15, 0.2) is 0 Å². The van der Waals surface area contributed by atoms with Crippen LogP contribution in [0.2, 0.25) is 0 Å². The molecule has 1 rings (SSSR count). The average molecular weight is 183 g/mol. The lowest BCUT2D eigenvalue weighted by Gasteiger charge is -2.20. The normalized spacial score (nSPS) is 33.2. The maximum Gasteiger partial charge on any atom is 0.154 e. The second-order valence-electron chi connectivity index (χ2n) is 3.70. The third kappa shape index (κ3) is 2.43. The molecule has 0 amide bonds. The lowest BCUT2D eigenvalue weighted by Crippen LogP contribution is -2.28. The first-order chi connectivity index (χ1) is 6.26. The van der Waals surface area contributed by atoms with Gasteiger partial charge >= 0.3 is 0 Å². The molecule has 0 aromatic carbocycles. The van der Waals surface area contributed by atoms with Gasteiger partial charge in [-0.2, -0.15) is 5.26 Å². The zero-order valence-electron chi connectivity index (χ0n) is 8.12. The molecule has 0 saturated heterocycles. The van der Waals surface area contributed by atoms with E-state index in [2.05, 4.69) is 13.0 Å². The van der Waals surface area contributed by atoms with Crippen molar-refractivity contribution < 1.29 is 9.84 Å². The molecule has 0 heterocycles. The molecule has 0 spiro atoms. The number of ether oxygens (including phenoxy) is 1. The summed E-state index contributed by atoms with van der Waals surface area (Å²) < 4.78 is 5.41. The van der Waals surface area contributed by atoms with Gasteiger partial charge in [-0.1, -0.05) is 13.3 Å². The second kappa shape index (κ2) is 4.59. The average Bonchev–Trinajstić information content (AvgIpc) is 2.59. The Morgan fingerprint density at radius 1 is 1.69 bits per heavy atom. The smallest absolute Gasteiger partial charge is 0.154 e. The van der Waals surface area contributed by atoms with E-state index >= 15 is 0 Å². The first-order valence-corrected chi connectivity index (χ1v) is 4.92. The number of nitrogens with zero attached hydrogens (tertiary/aromatic N) is 1. The van der Waals surface area contributed by atoms with Gasteiger partial charge in [-0.25, -0.2) is 0 Å². The molecule has 1 fully saturated rings. The van der Waals surface area contributed by atoms with Gasteiger partial charge in [0.15, 0.2) is 5.60 Å². The van der Waals surface area contributed by atoms with Gasteiger partial charge < -0.3 is 9.84 Å². The van der Waals surface area contributed by atoms with Crippen molar-refractivity contribution in [2.75, 3.05) is 13.2 Å². The molecule has 3 heteroatoms. The van der Waals surface area contributed by atoms with Gasteiger partial charge in [-0.3, -0.25) is 0 Å². The first-order valence-electron chi connectivity index (χ1n) is 4.92. The van der Waals surface area contributed by atoms with Gasteiger partial charge in [-0.05, 0) is 25.2 Å². The SMILES string of the molecule is CCC1CCC(C#N)(OCCO)C1. The van der Waals surface area contributed by atoms with Crippen LogP contribution in [-0.4, -0.2) is 23.9 Å². The molecule has 1 N–H and O–H groups in total. The Balaban J connectivity index is 2.48. The number of hydrogen-bond donors (Lipinski definition) is 1. The largest absolute Gasteiger partial charge is 0.394 e. The van der Waals surface area contributed by atoms with Crippen LogP contribution in [0, 0.1) is 17.2 Å².